The fraction of sp³-hybridized carbons (Fsp3) is 0.538. The number of anilines is 1. The van der Waals surface area contributed by atoms with Gasteiger partial charge in [0.15, 0.2) is 0 Å². The molecule has 1 aromatic carbocycles. The Morgan fingerprint density at radius 2 is 2.00 bits per heavy atom. The van der Waals surface area contributed by atoms with Crippen molar-refractivity contribution in [1.29, 1.82) is 0 Å². The first-order valence-electron chi connectivity index (χ1n) is 5.55. The Morgan fingerprint density at radius 1 is 1.29 bits per heavy atom. The van der Waals surface area contributed by atoms with Crippen LogP contribution < -0.4 is 5.32 Å². The molecule has 0 spiro atoms. The van der Waals surface area contributed by atoms with Gasteiger partial charge in [-0.3, -0.25) is 0 Å². The highest BCUT2D eigenvalue weighted by Gasteiger charge is 2.19. The molecule has 1 N–H and O–H groups in total. The standard InChI is InChI=1S/C13H19N/c1-4-11-7-12-9(2)5-6-10(3)13(12)14-8-11/h5-6,11,14H,4,7-8H2,1-3H3. The van der Waals surface area contributed by atoms with E-state index in [1.165, 1.54) is 29.7 Å². The molecule has 0 saturated heterocycles. The molecule has 1 atom stereocenters. The molecule has 0 fully saturated rings. The lowest BCUT2D eigenvalue weighted by molar-refractivity contribution is 0.519. The second kappa shape index (κ2) is 3.64. The Kier molecular flexibility index (Phi) is 2.49. The summed E-state index contributed by atoms with van der Waals surface area (Å²) in [7, 11) is 0. The van der Waals surface area contributed by atoms with Crippen LogP contribution in [0, 0.1) is 19.8 Å². The Hall–Kier alpha value is -0.980. The molecule has 1 unspecified atom stereocenters. The van der Waals surface area contributed by atoms with Crippen LogP contribution in [-0.2, 0) is 6.42 Å². The normalized spacial score (nSPS) is 20.1. The van der Waals surface area contributed by atoms with Crippen molar-refractivity contribution in [2.45, 2.75) is 33.6 Å². The van der Waals surface area contributed by atoms with Gasteiger partial charge in [-0.15, -0.1) is 0 Å². The van der Waals surface area contributed by atoms with E-state index in [0.29, 0.717) is 0 Å². The molecular weight excluding hydrogens is 170 g/mol. The summed E-state index contributed by atoms with van der Waals surface area (Å²) in [5.41, 5.74) is 5.77. The topological polar surface area (TPSA) is 12.0 Å². The van der Waals surface area contributed by atoms with Crippen LogP contribution >= 0.6 is 0 Å². The van der Waals surface area contributed by atoms with Crippen molar-refractivity contribution >= 4 is 5.69 Å². The van der Waals surface area contributed by atoms with Crippen molar-refractivity contribution in [3.63, 3.8) is 0 Å². The third kappa shape index (κ3) is 1.52. The lowest BCUT2D eigenvalue weighted by Gasteiger charge is -2.28. The van der Waals surface area contributed by atoms with Crippen LogP contribution in [0.4, 0.5) is 5.69 Å². The van der Waals surface area contributed by atoms with E-state index in [1.54, 1.807) is 5.56 Å². The highest BCUT2D eigenvalue weighted by molar-refractivity contribution is 5.61. The smallest absolute Gasteiger partial charge is 0.0405 e. The summed E-state index contributed by atoms with van der Waals surface area (Å²) >= 11 is 0. The summed E-state index contributed by atoms with van der Waals surface area (Å²) in [6.45, 7) is 7.84. The molecule has 1 heteroatoms. The van der Waals surface area contributed by atoms with Crippen molar-refractivity contribution in [2.24, 2.45) is 5.92 Å². The minimum atomic E-state index is 0.822. The monoisotopic (exact) mass is 189 g/mol. The third-order valence-electron chi connectivity index (χ3n) is 3.39. The van der Waals surface area contributed by atoms with Crippen molar-refractivity contribution < 1.29 is 0 Å². The highest BCUT2D eigenvalue weighted by Crippen LogP contribution is 2.31. The molecule has 0 amide bonds. The fourth-order valence-corrected chi connectivity index (χ4v) is 2.27. The number of hydrogen-bond acceptors (Lipinski definition) is 1. The second-order valence-corrected chi connectivity index (χ2v) is 4.41. The Labute approximate surface area is 86.5 Å². The van der Waals surface area contributed by atoms with E-state index in [4.69, 9.17) is 0 Å². The predicted molar refractivity (Wildman–Crippen MR) is 61.9 cm³/mol. The lowest BCUT2D eigenvalue weighted by Crippen LogP contribution is -2.23. The predicted octanol–water partition coefficient (Wildman–Crippen LogP) is 3.30. The first kappa shape index (κ1) is 9.57. The highest BCUT2D eigenvalue weighted by atomic mass is 14.9. The van der Waals surface area contributed by atoms with Crippen LogP contribution in [-0.4, -0.2) is 6.54 Å². The molecule has 0 aromatic heterocycles. The minimum absolute atomic E-state index is 0.822. The van der Waals surface area contributed by atoms with Gasteiger partial charge >= 0.3 is 0 Å². The molecule has 1 aliphatic rings. The number of nitrogens with one attached hydrogen (secondary N) is 1. The van der Waals surface area contributed by atoms with E-state index in [-0.39, 0.29) is 0 Å². The Balaban J connectivity index is 2.40. The number of aryl methyl sites for hydroxylation is 2. The van der Waals surface area contributed by atoms with Gasteiger partial charge in [0.25, 0.3) is 0 Å². The van der Waals surface area contributed by atoms with Crippen LogP contribution in [0.5, 0.6) is 0 Å². The third-order valence-corrected chi connectivity index (χ3v) is 3.39. The molecule has 1 aliphatic heterocycles. The van der Waals surface area contributed by atoms with Gasteiger partial charge in [-0.2, -0.15) is 0 Å². The van der Waals surface area contributed by atoms with Crippen LogP contribution in [0.15, 0.2) is 12.1 Å². The van der Waals surface area contributed by atoms with Gasteiger partial charge in [-0.1, -0.05) is 25.5 Å². The summed E-state index contributed by atoms with van der Waals surface area (Å²) in [4.78, 5) is 0. The zero-order valence-corrected chi connectivity index (χ0v) is 9.35. The van der Waals surface area contributed by atoms with Crippen LogP contribution in [0.25, 0.3) is 0 Å². The molecule has 76 valence electrons. The van der Waals surface area contributed by atoms with Crippen molar-refractivity contribution in [1.82, 2.24) is 0 Å². The summed E-state index contributed by atoms with van der Waals surface area (Å²) in [6.07, 6.45) is 2.53. The van der Waals surface area contributed by atoms with Gasteiger partial charge in [0.1, 0.15) is 0 Å². The zero-order valence-electron chi connectivity index (χ0n) is 9.35. The zero-order chi connectivity index (χ0) is 10.1. The number of rotatable bonds is 1. The summed E-state index contributed by atoms with van der Waals surface area (Å²) in [5, 5.41) is 3.57. The van der Waals surface area contributed by atoms with Gasteiger partial charge in [0.2, 0.25) is 0 Å². The molecule has 0 aliphatic carbocycles. The molecule has 14 heavy (non-hydrogen) atoms. The fourth-order valence-electron chi connectivity index (χ4n) is 2.27. The Morgan fingerprint density at radius 3 is 2.71 bits per heavy atom. The number of benzene rings is 1. The second-order valence-electron chi connectivity index (χ2n) is 4.41. The first-order valence-corrected chi connectivity index (χ1v) is 5.55. The summed E-state index contributed by atoms with van der Waals surface area (Å²) in [6, 6.07) is 4.46. The largest absolute Gasteiger partial charge is 0.384 e. The molecule has 0 saturated carbocycles. The maximum atomic E-state index is 3.57. The molecule has 2 rings (SSSR count). The molecule has 1 nitrogen and oxygen atoms in total. The van der Waals surface area contributed by atoms with Crippen molar-refractivity contribution in [3.05, 3.63) is 28.8 Å². The van der Waals surface area contributed by atoms with Gasteiger partial charge in [0.05, 0.1) is 0 Å². The van der Waals surface area contributed by atoms with E-state index >= 15 is 0 Å². The van der Waals surface area contributed by atoms with E-state index in [2.05, 4.69) is 38.2 Å². The van der Waals surface area contributed by atoms with E-state index < -0.39 is 0 Å². The van der Waals surface area contributed by atoms with Gasteiger partial charge < -0.3 is 5.32 Å². The van der Waals surface area contributed by atoms with Gasteiger partial charge in [-0.25, -0.2) is 0 Å². The molecule has 0 radical (unpaired) electrons. The summed E-state index contributed by atoms with van der Waals surface area (Å²) < 4.78 is 0. The van der Waals surface area contributed by atoms with E-state index in [0.717, 1.165) is 12.5 Å². The maximum Gasteiger partial charge on any atom is 0.0405 e. The van der Waals surface area contributed by atoms with E-state index in [1.807, 2.05) is 0 Å². The average Bonchev–Trinajstić information content (AvgIpc) is 2.23. The lowest BCUT2D eigenvalue weighted by atomic mass is 9.88. The number of fused-ring (bicyclic) bond motifs is 1. The van der Waals surface area contributed by atoms with Crippen LogP contribution in [0.2, 0.25) is 0 Å². The van der Waals surface area contributed by atoms with Crippen molar-refractivity contribution in [3.8, 4) is 0 Å². The van der Waals surface area contributed by atoms with E-state index in [9.17, 15) is 0 Å². The van der Waals surface area contributed by atoms with Crippen molar-refractivity contribution in [2.75, 3.05) is 11.9 Å². The molecule has 1 heterocycles. The van der Waals surface area contributed by atoms with Crippen LogP contribution in [0.3, 0.4) is 0 Å². The maximum absolute atomic E-state index is 3.57. The molecule has 1 aromatic rings. The summed E-state index contributed by atoms with van der Waals surface area (Å²) in [5.74, 6) is 0.822. The number of hydrogen-bond donors (Lipinski definition) is 1. The minimum Gasteiger partial charge on any atom is -0.384 e. The SMILES string of the molecule is CCC1CNc2c(C)ccc(C)c2C1. The van der Waals surface area contributed by atoms with Gasteiger partial charge in [0, 0.05) is 12.2 Å². The molecule has 0 bridgehead atoms. The van der Waals surface area contributed by atoms with Crippen LogP contribution in [0.1, 0.15) is 30.0 Å². The Bertz CT molecular complexity index is 341. The van der Waals surface area contributed by atoms with Gasteiger partial charge in [-0.05, 0) is 42.9 Å². The quantitative estimate of drug-likeness (QED) is 0.714. The molecular formula is C13H19N. The average molecular weight is 189 g/mol. The first-order chi connectivity index (χ1) is 6.72.